The minimum absolute atomic E-state index is 0.245. The van der Waals surface area contributed by atoms with Crippen molar-refractivity contribution in [2.45, 2.75) is 6.04 Å². The van der Waals surface area contributed by atoms with Crippen molar-refractivity contribution in [2.24, 2.45) is 5.73 Å². The Morgan fingerprint density at radius 1 is 0.857 bits per heavy atom. The van der Waals surface area contributed by atoms with Gasteiger partial charge >= 0.3 is 0 Å². The number of hydrogen-bond donors (Lipinski definition) is 1. The highest BCUT2D eigenvalue weighted by molar-refractivity contribution is 6.31. The standard InChI is InChI=1S/C18H15ClN2/c19-17-12-21-11-10-16(17)18(20)15-8-6-14(7-9-15)13-4-2-1-3-5-13/h1-12,18H,20H2. The molecule has 1 heterocycles. The molecule has 0 fully saturated rings. The Morgan fingerprint density at radius 3 is 2.19 bits per heavy atom. The van der Waals surface area contributed by atoms with E-state index >= 15 is 0 Å². The fourth-order valence-electron chi connectivity index (χ4n) is 2.33. The molecular weight excluding hydrogens is 280 g/mol. The van der Waals surface area contributed by atoms with Gasteiger partial charge in [-0.3, -0.25) is 4.98 Å². The lowest BCUT2D eigenvalue weighted by Gasteiger charge is -2.14. The molecule has 1 unspecified atom stereocenters. The molecule has 0 spiro atoms. The van der Waals surface area contributed by atoms with E-state index in [4.69, 9.17) is 17.3 Å². The molecule has 2 aromatic carbocycles. The molecule has 3 rings (SSSR count). The summed E-state index contributed by atoms with van der Waals surface area (Å²) >= 11 is 6.15. The lowest BCUT2D eigenvalue weighted by Crippen LogP contribution is -2.12. The molecular formula is C18H15ClN2. The molecule has 0 aliphatic heterocycles. The summed E-state index contributed by atoms with van der Waals surface area (Å²) in [4.78, 5) is 3.99. The van der Waals surface area contributed by atoms with Gasteiger partial charge in [0.1, 0.15) is 0 Å². The van der Waals surface area contributed by atoms with Crippen molar-refractivity contribution in [1.29, 1.82) is 0 Å². The second-order valence-corrected chi connectivity index (χ2v) is 5.27. The zero-order valence-electron chi connectivity index (χ0n) is 11.4. The predicted octanol–water partition coefficient (Wildman–Crippen LogP) is 4.45. The van der Waals surface area contributed by atoms with Gasteiger partial charge in [0.05, 0.1) is 11.1 Å². The third kappa shape index (κ3) is 2.97. The number of pyridine rings is 1. The molecule has 0 aliphatic rings. The lowest BCUT2D eigenvalue weighted by atomic mass is 9.97. The van der Waals surface area contributed by atoms with Crippen LogP contribution in [0.3, 0.4) is 0 Å². The van der Waals surface area contributed by atoms with E-state index in [2.05, 4.69) is 29.2 Å². The van der Waals surface area contributed by atoms with Crippen molar-refractivity contribution in [3.63, 3.8) is 0 Å². The van der Waals surface area contributed by atoms with Gasteiger partial charge in [0.15, 0.2) is 0 Å². The number of nitrogens with two attached hydrogens (primary N) is 1. The molecule has 21 heavy (non-hydrogen) atoms. The molecule has 1 atom stereocenters. The molecule has 3 aromatic rings. The largest absolute Gasteiger partial charge is 0.320 e. The maximum Gasteiger partial charge on any atom is 0.0640 e. The van der Waals surface area contributed by atoms with E-state index in [0.717, 1.165) is 11.1 Å². The fourth-order valence-corrected chi connectivity index (χ4v) is 2.57. The number of halogens is 1. The van der Waals surface area contributed by atoms with Gasteiger partial charge in [-0.05, 0) is 28.3 Å². The molecule has 0 saturated carbocycles. The monoisotopic (exact) mass is 294 g/mol. The van der Waals surface area contributed by atoms with Crippen molar-refractivity contribution >= 4 is 11.6 Å². The topological polar surface area (TPSA) is 38.9 Å². The zero-order chi connectivity index (χ0) is 14.7. The summed E-state index contributed by atoms with van der Waals surface area (Å²) in [5, 5.41) is 0.595. The van der Waals surface area contributed by atoms with Gasteiger partial charge in [0.25, 0.3) is 0 Å². The normalized spacial score (nSPS) is 12.1. The average molecular weight is 295 g/mol. The van der Waals surface area contributed by atoms with Crippen molar-refractivity contribution in [3.05, 3.63) is 89.2 Å². The Balaban J connectivity index is 1.89. The van der Waals surface area contributed by atoms with Crippen LogP contribution in [0.15, 0.2) is 73.1 Å². The highest BCUT2D eigenvalue weighted by Gasteiger charge is 2.12. The van der Waals surface area contributed by atoms with Crippen molar-refractivity contribution < 1.29 is 0 Å². The SMILES string of the molecule is NC(c1ccc(-c2ccccc2)cc1)c1ccncc1Cl. The Morgan fingerprint density at radius 2 is 1.52 bits per heavy atom. The first kappa shape index (κ1) is 13.8. The van der Waals surface area contributed by atoms with E-state index in [9.17, 15) is 0 Å². The van der Waals surface area contributed by atoms with Crippen LogP contribution in [0.4, 0.5) is 0 Å². The third-order valence-corrected chi connectivity index (χ3v) is 3.83. The van der Waals surface area contributed by atoms with E-state index in [1.165, 1.54) is 11.1 Å². The van der Waals surface area contributed by atoms with E-state index in [-0.39, 0.29) is 6.04 Å². The highest BCUT2D eigenvalue weighted by Crippen LogP contribution is 2.27. The molecule has 0 saturated heterocycles. The van der Waals surface area contributed by atoms with Crippen LogP contribution in [0.1, 0.15) is 17.2 Å². The van der Waals surface area contributed by atoms with E-state index < -0.39 is 0 Å². The van der Waals surface area contributed by atoms with Crippen LogP contribution in [-0.2, 0) is 0 Å². The molecule has 0 bridgehead atoms. The van der Waals surface area contributed by atoms with Gasteiger partial charge in [-0.25, -0.2) is 0 Å². The number of hydrogen-bond acceptors (Lipinski definition) is 2. The van der Waals surface area contributed by atoms with E-state index in [0.29, 0.717) is 5.02 Å². The molecule has 104 valence electrons. The maximum absolute atomic E-state index is 6.29. The maximum atomic E-state index is 6.29. The lowest BCUT2D eigenvalue weighted by molar-refractivity contribution is 0.868. The van der Waals surface area contributed by atoms with E-state index in [1.54, 1.807) is 12.4 Å². The Labute approximate surface area is 129 Å². The van der Waals surface area contributed by atoms with Crippen LogP contribution in [0, 0.1) is 0 Å². The summed E-state index contributed by atoms with van der Waals surface area (Å²) in [7, 11) is 0. The molecule has 0 amide bonds. The summed E-state index contributed by atoms with van der Waals surface area (Å²) in [5.41, 5.74) is 10.6. The Kier molecular flexibility index (Phi) is 4.00. The summed E-state index contributed by atoms with van der Waals surface area (Å²) < 4.78 is 0. The smallest absolute Gasteiger partial charge is 0.0640 e. The second kappa shape index (κ2) is 6.08. The minimum Gasteiger partial charge on any atom is -0.320 e. The van der Waals surface area contributed by atoms with Gasteiger partial charge in [-0.15, -0.1) is 0 Å². The second-order valence-electron chi connectivity index (χ2n) is 4.86. The first-order valence-electron chi connectivity index (χ1n) is 6.76. The van der Waals surface area contributed by atoms with Gasteiger partial charge in [-0.2, -0.15) is 0 Å². The van der Waals surface area contributed by atoms with E-state index in [1.807, 2.05) is 36.4 Å². The van der Waals surface area contributed by atoms with Crippen molar-refractivity contribution in [1.82, 2.24) is 4.98 Å². The minimum atomic E-state index is -0.245. The first-order chi connectivity index (χ1) is 10.3. The van der Waals surface area contributed by atoms with Crippen LogP contribution < -0.4 is 5.73 Å². The summed E-state index contributed by atoms with van der Waals surface area (Å²) in [6.45, 7) is 0. The van der Waals surface area contributed by atoms with Gasteiger partial charge < -0.3 is 5.73 Å². The number of benzene rings is 2. The first-order valence-corrected chi connectivity index (χ1v) is 7.14. The van der Waals surface area contributed by atoms with Crippen molar-refractivity contribution in [2.75, 3.05) is 0 Å². The number of aromatic nitrogens is 1. The summed E-state index contributed by atoms with van der Waals surface area (Å²) in [6, 6.07) is 20.1. The summed E-state index contributed by atoms with van der Waals surface area (Å²) in [5.74, 6) is 0. The van der Waals surface area contributed by atoms with Gasteiger partial charge in [0, 0.05) is 12.4 Å². The van der Waals surface area contributed by atoms with Crippen LogP contribution in [0.25, 0.3) is 11.1 Å². The Hall–Kier alpha value is -2.16. The molecule has 1 aromatic heterocycles. The molecule has 3 heteroatoms. The third-order valence-electron chi connectivity index (χ3n) is 3.52. The van der Waals surface area contributed by atoms with Crippen LogP contribution in [-0.4, -0.2) is 4.98 Å². The van der Waals surface area contributed by atoms with Crippen molar-refractivity contribution in [3.8, 4) is 11.1 Å². The highest BCUT2D eigenvalue weighted by atomic mass is 35.5. The predicted molar refractivity (Wildman–Crippen MR) is 87.2 cm³/mol. The van der Waals surface area contributed by atoms with Crippen LogP contribution >= 0.6 is 11.6 Å². The van der Waals surface area contributed by atoms with Gasteiger partial charge in [-0.1, -0.05) is 66.2 Å². The molecule has 0 radical (unpaired) electrons. The van der Waals surface area contributed by atoms with Crippen LogP contribution in [0.2, 0.25) is 5.02 Å². The average Bonchev–Trinajstić information content (AvgIpc) is 2.56. The van der Waals surface area contributed by atoms with Crippen LogP contribution in [0.5, 0.6) is 0 Å². The number of rotatable bonds is 3. The Bertz CT molecular complexity index is 724. The molecule has 2 nitrogen and oxygen atoms in total. The molecule has 2 N–H and O–H groups in total. The summed E-state index contributed by atoms with van der Waals surface area (Å²) in [6.07, 6.45) is 3.33. The quantitative estimate of drug-likeness (QED) is 0.775. The molecule has 0 aliphatic carbocycles. The van der Waals surface area contributed by atoms with Gasteiger partial charge in [0.2, 0.25) is 0 Å². The zero-order valence-corrected chi connectivity index (χ0v) is 12.2. The fraction of sp³-hybridized carbons (Fsp3) is 0.0556. The number of nitrogens with zero attached hydrogens (tertiary/aromatic N) is 1.